The van der Waals surface area contributed by atoms with E-state index in [4.69, 9.17) is 0 Å². The number of halogens is 3. The molecule has 1 saturated heterocycles. The fraction of sp³-hybridized carbons (Fsp3) is 0.348. The Hall–Kier alpha value is -3.56. The number of hydrogen-bond acceptors (Lipinski definition) is 6. The molecule has 0 aromatic carbocycles. The van der Waals surface area contributed by atoms with Gasteiger partial charge < -0.3 is 10.2 Å². The van der Waals surface area contributed by atoms with Crippen LogP contribution in [0.15, 0.2) is 55.1 Å². The van der Waals surface area contributed by atoms with Gasteiger partial charge in [-0.05, 0) is 56.0 Å². The van der Waals surface area contributed by atoms with Crippen LogP contribution in [0.1, 0.15) is 35.8 Å². The first-order valence-corrected chi connectivity index (χ1v) is 10.7. The number of aromatic nitrogens is 4. The average molecular weight is 454 g/mol. The van der Waals surface area contributed by atoms with Crippen LogP contribution in [-0.4, -0.2) is 48.9 Å². The van der Waals surface area contributed by atoms with Gasteiger partial charge in [-0.15, -0.1) is 0 Å². The van der Waals surface area contributed by atoms with Crippen molar-refractivity contribution in [2.45, 2.75) is 44.1 Å². The Kier molecular flexibility index (Phi) is 5.22. The minimum Gasteiger partial charge on any atom is -0.365 e. The van der Waals surface area contributed by atoms with Crippen LogP contribution < -0.4 is 5.32 Å². The number of alkyl halides is 3. The van der Waals surface area contributed by atoms with Crippen molar-refractivity contribution in [2.75, 3.05) is 5.32 Å². The van der Waals surface area contributed by atoms with Gasteiger partial charge in [-0.25, -0.2) is 15.0 Å². The predicted molar refractivity (Wildman–Crippen MR) is 114 cm³/mol. The van der Waals surface area contributed by atoms with Gasteiger partial charge in [-0.2, -0.15) is 13.2 Å². The summed E-state index contributed by atoms with van der Waals surface area (Å²) in [5, 5.41) is 3.24. The number of piperidine rings is 1. The second-order valence-electron chi connectivity index (χ2n) is 8.40. The molecule has 10 heteroatoms. The fourth-order valence-corrected chi connectivity index (χ4v) is 4.93. The van der Waals surface area contributed by atoms with E-state index in [1.807, 2.05) is 11.8 Å². The van der Waals surface area contributed by atoms with Crippen LogP contribution in [0.3, 0.4) is 0 Å². The Morgan fingerprint density at radius 1 is 1.03 bits per heavy atom. The van der Waals surface area contributed by atoms with Gasteiger partial charge >= 0.3 is 6.18 Å². The van der Waals surface area contributed by atoms with Crippen molar-refractivity contribution in [3.8, 4) is 11.4 Å². The van der Waals surface area contributed by atoms with Crippen LogP contribution in [0.4, 0.5) is 19.0 Å². The molecule has 5 rings (SSSR count). The van der Waals surface area contributed by atoms with Crippen LogP contribution in [0, 0.1) is 5.92 Å². The quantitative estimate of drug-likeness (QED) is 0.640. The zero-order chi connectivity index (χ0) is 23.2. The lowest BCUT2D eigenvalue weighted by Crippen LogP contribution is -2.52. The third kappa shape index (κ3) is 3.90. The number of anilines is 1. The molecule has 170 valence electrons. The molecule has 4 heterocycles. The molecule has 33 heavy (non-hydrogen) atoms. The normalized spacial score (nSPS) is 24.2. The van der Waals surface area contributed by atoms with E-state index in [0.717, 1.165) is 25.1 Å². The summed E-state index contributed by atoms with van der Waals surface area (Å²) in [5.74, 6) is 0.863. The number of hydrogen-bond donors (Lipinski definition) is 1. The van der Waals surface area contributed by atoms with Crippen molar-refractivity contribution >= 4 is 11.7 Å². The molecule has 2 bridgehead atoms. The first-order chi connectivity index (χ1) is 15.8. The summed E-state index contributed by atoms with van der Waals surface area (Å²) in [5.41, 5.74) is 0.0544. The zero-order valence-electron chi connectivity index (χ0n) is 17.7. The SMILES string of the molecule is CC1C2CC(Nc3ccc(C(F)(F)F)cn3)C(C2)N1C(=O)c1ncccc1-c1ncccn1. The summed E-state index contributed by atoms with van der Waals surface area (Å²) in [4.78, 5) is 32.3. The summed E-state index contributed by atoms with van der Waals surface area (Å²) < 4.78 is 38.5. The first-order valence-electron chi connectivity index (χ1n) is 10.7. The van der Waals surface area contributed by atoms with Gasteiger partial charge in [0.2, 0.25) is 0 Å². The average Bonchev–Trinajstić information content (AvgIpc) is 3.36. The van der Waals surface area contributed by atoms with Gasteiger partial charge in [0, 0.05) is 36.9 Å². The zero-order valence-corrected chi connectivity index (χ0v) is 17.7. The molecule has 1 aliphatic carbocycles. The Morgan fingerprint density at radius 3 is 2.45 bits per heavy atom. The molecule has 2 aliphatic rings. The third-order valence-electron chi connectivity index (χ3n) is 6.52. The van der Waals surface area contributed by atoms with Crippen LogP contribution in [0.5, 0.6) is 0 Å². The number of fused-ring (bicyclic) bond motifs is 2. The highest BCUT2D eigenvalue weighted by Crippen LogP contribution is 2.44. The number of pyridine rings is 2. The molecule has 1 N–H and O–H groups in total. The number of carbonyl (C=O) groups excluding carboxylic acids is 1. The third-order valence-corrected chi connectivity index (χ3v) is 6.52. The lowest BCUT2D eigenvalue weighted by Gasteiger charge is -2.38. The van der Waals surface area contributed by atoms with Crippen molar-refractivity contribution < 1.29 is 18.0 Å². The van der Waals surface area contributed by atoms with E-state index in [9.17, 15) is 18.0 Å². The van der Waals surface area contributed by atoms with Gasteiger partial charge in [0.05, 0.1) is 17.2 Å². The van der Waals surface area contributed by atoms with Gasteiger partial charge in [-0.1, -0.05) is 0 Å². The lowest BCUT2D eigenvalue weighted by atomic mass is 9.97. The highest BCUT2D eigenvalue weighted by Gasteiger charge is 2.52. The molecule has 4 atom stereocenters. The van der Waals surface area contributed by atoms with Crippen LogP contribution in [0.2, 0.25) is 0 Å². The molecular weight excluding hydrogens is 433 g/mol. The number of likely N-dealkylation sites (tertiary alicyclic amines) is 1. The smallest absolute Gasteiger partial charge is 0.365 e. The lowest BCUT2D eigenvalue weighted by molar-refractivity contribution is -0.137. The Morgan fingerprint density at radius 2 is 1.79 bits per heavy atom. The largest absolute Gasteiger partial charge is 0.417 e. The molecule has 7 nitrogen and oxygen atoms in total. The van der Waals surface area contributed by atoms with E-state index in [1.54, 1.807) is 36.8 Å². The second-order valence-corrected chi connectivity index (χ2v) is 8.40. The minimum atomic E-state index is -4.43. The van der Waals surface area contributed by atoms with Gasteiger partial charge in [0.25, 0.3) is 5.91 Å². The van der Waals surface area contributed by atoms with Gasteiger partial charge in [0.15, 0.2) is 5.82 Å². The van der Waals surface area contributed by atoms with Crippen molar-refractivity contribution in [3.63, 3.8) is 0 Å². The number of nitrogens with zero attached hydrogens (tertiary/aromatic N) is 5. The van der Waals surface area contributed by atoms with E-state index in [-0.39, 0.29) is 35.6 Å². The van der Waals surface area contributed by atoms with Gasteiger partial charge in [-0.3, -0.25) is 9.78 Å². The number of rotatable bonds is 4. The maximum Gasteiger partial charge on any atom is 0.417 e. The maximum atomic E-state index is 13.6. The summed E-state index contributed by atoms with van der Waals surface area (Å²) in [6, 6.07) is 7.34. The molecular formula is C23H21F3N6O. The molecule has 1 aliphatic heterocycles. The topological polar surface area (TPSA) is 83.9 Å². The standard InChI is InChI=1S/C23H21F3N6O/c1-13-14-10-17(31-19-6-5-15(12-30-19)23(24,25)26)18(11-14)32(13)22(33)20-16(4-2-7-27-20)21-28-8-3-9-29-21/h2-9,12-14,17-18H,10-11H2,1H3,(H,30,31). The fourth-order valence-electron chi connectivity index (χ4n) is 4.93. The maximum absolute atomic E-state index is 13.6. The van der Waals surface area contributed by atoms with E-state index in [1.165, 1.54) is 6.07 Å². The number of nitrogens with one attached hydrogen (secondary N) is 1. The minimum absolute atomic E-state index is 0.0210. The van der Waals surface area contributed by atoms with Crippen molar-refractivity contribution in [3.05, 3.63) is 66.4 Å². The summed E-state index contributed by atoms with van der Waals surface area (Å²) in [6.45, 7) is 2.02. The van der Waals surface area contributed by atoms with Gasteiger partial charge in [0.1, 0.15) is 11.5 Å². The van der Waals surface area contributed by atoms with E-state index < -0.39 is 11.7 Å². The Balaban J connectivity index is 1.39. The van der Waals surface area contributed by atoms with Crippen molar-refractivity contribution in [1.29, 1.82) is 0 Å². The first kappa shape index (κ1) is 21.3. The van der Waals surface area contributed by atoms with E-state index in [2.05, 4.69) is 25.3 Å². The monoisotopic (exact) mass is 454 g/mol. The highest BCUT2D eigenvalue weighted by molar-refractivity contribution is 5.98. The molecule has 1 saturated carbocycles. The molecule has 0 spiro atoms. The van der Waals surface area contributed by atoms with Crippen LogP contribution in [-0.2, 0) is 6.18 Å². The predicted octanol–water partition coefficient (Wildman–Crippen LogP) is 4.06. The van der Waals surface area contributed by atoms with Crippen molar-refractivity contribution in [1.82, 2.24) is 24.8 Å². The number of amides is 1. The number of carbonyl (C=O) groups is 1. The Bertz CT molecular complexity index is 1150. The van der Waals surface area contributed by atoms with Crippen LogP contribution >= 0.6 is 0 Å². The molecule has 2 fully saturated rings. The molecule has 0 radical (unpaired) electrons. The molecule has 4 unspecified atom stereocenters. The van der Waals surface area contributed by atoms with E-state index in [0.29, 0.717) is 17.2 Å². The Labute approximate surface area is 188 Å². The molecule has 3 aromatic rings. The van der Waals surface area contributed by atoms with E-state index >= 15 is 0 Å². The summed E-state index contributed by atoms with van der Waals surface area (Å²) >= 11 is 0. The summed E-state index contributed by atoms with van der Waals surface area (Å²) in [7, 11) is 0. The second kappa shape index (κ2) is 8.09. The van der Waals surface area contributed by atoms with Crippen molar-refractivity contribution in [2.24, 2.45) is 5.92 Å². The van der Waals surface area contributed by atoms with Crippen LogP contribution in [0.25, 0.3) is 11.4 Å². The molecule has 1 amide bonds. The molecule has 3 aromatic heterocycles. The highest BCUT2D eigenvalue weighted by atomic mass is 19.4. The summed E-state index contributed by atoms with van der Waals surface area (Å²) in [6.07, 6.45) is 2.81.